The van der Waals surface area contributed by atoms with Crippen LogP contribution in [-0.4, -0.2) is 79.6 Å². The summed E-state index contributed by atoms with van der Waals surface area (Å²) in [6, 6.07) is 9.88. The van der Waals surface area contributed by atoms with Crippen LogP contribution in [0.3, 0.4) is 0 Å². The number of carbonyl (C=O) groups is 2. The van der Waals surface area contributed by atoms with Crippen molar-refractivity contribution in [3.8, 4) is 0 Å². The molecule has 33 heavy (non-hydrogen) atoms. The molecule has 1 N–H and O–H groups in total. The molecule has 9 nitrogen and oxygen atoms in total. The third kappa shape index (κ3) is 6.53. The van der Waals surface area contributed by atoms with Crippen LogP contribution in [0.15, 0.2) is 52.5 Å². The van der Waals surface area contributed by atoms with Gasteiger partial charge in [0.1, 0.15) is 4.90 Å². The molecular formula is C22H28N4O5S2. The average Bonchev–Trinajstić information content (AvgIpc) is 2.84. The number of hydrogen-bond donors (Lipinski definition) is 1. The van der Waals surface area contributed by atoms with Crippen molar-refractivity contribution in [1.82, 2.24) is 14.2 Å². The number of pyridine rings is 1. The maximum absolute atomic E-state index is 12.6. The first-order valence-electron chi connectivity index (χ1n) is 10.7. The summed E-state index contributed by atoms with van der Waals surface area (Å²) in [5.41, 5.74) is 1.17. The van der Waals surface area contributed by atoms with Gasteiger partial charge < -0.3 is 15.0 Å². The predicted molar refractivity (Wildman–Crippen MR) is 127 cm³/mol. The van der Waals surface area contributed by atoms with Gasteiger partial charge in [-0.25, -0.2) is 13.4 Å². The van der Waals surface area contributed by atoms with Crippen LogP contribution in [0.25, 0.3) is 0 Å². The third-order valence-corrected chi connectivity index (χ3v) is 7.96. The maximum Gasteiger partial charge on any atom is 0.253 e. The molecule has 1 aliphatic heterocycles. The van der Waals surface area contributed by atoms with Crippen LogP contribution >= 0.6 is 11.8 Å². The van der Waals surface area contributed by atoms with E-state index in [2.05, 4.69) is 10.3 Å². The molecule has 2 amide bonds. The molecule has 1 fully saturated rings. The van der Waals surface area contributed by atoms with Gasteiger partial charge in [0.05, 0.1) is 24.0 Å². The number of anilines is 1. The third-order valence-electron chi connectivity index (χ3n) is 5.13. The fraction of sp³-hybridized carbons (Fsp3) is 0.409. The molecule has 1 aromatic heterocycles. The summed E-state index contributed by atoms with van der Waals surface area (Å²) in [4.78, 5) is 30.7. The molecule has 11 heteroatoms. The second kappa shape index (κ2) is 11.6. The first kappa shape index (κ1) is 25.2. The van der Waals surface area contributed by atoms with Gasteiger partial charge >= 0.3 is 0 Å². The Hall–Kier alpha value is -2.47. The number of sulfonamides is 1. The Balaban J connectivity index is 1.52. The van der Waals surface area contributed by atoms with Crippen molar-refractivity contribution in [2.24, 2.45) is 0 Å². The topological polar surface area (TPSA) is 109 Å². The molecular weight excluding hydrogens is 464 g/mol. The van der Waals surface area contributed by atoms with Gasteiger partial charge in [-0.3, -0.25) is 9.59 Å². The standard InChI is InChI=1S/C22H28N4O5S2/c1-3-25(4-2)22(28)17-5-7-18(8-6-17)24-20(27)16-32-21-10-9-19(15-23-21)33(29,30)26-11-13-31-14-12-26/h5-10,15H,3-4,11-14,16H2,1-2H3,(H,24,27). The summed E-state index contributed by atoms with van der Waals surface area (Å²) in [6.45, 7) is 6.54. The lowest BCUT2D eigenvalue weighted by atomic mass is 10.2. The Morgan fingerprint density at radius 2 is 1.76 bits per heavy atom. The molecule has 0 aliphatic carbocycles. The van der Waals surface area contributed by atoms with E-state index in [-0.39, 0.29) is 22.5 Å². The monoisotopic (exact) mass is 492 g/mol. The van der Waals surface area contributed by atoms with E-state index in [1.54, 1.807) is 35.2 Å². The molecule has 2 heterocycles. The molecule has 0 radical (unpaired) electrons. The Morgan fingerprint density at radius 1 is 1.09 bits per heavy atom. The highest BCUT2D eigenvalue weighted by molar-refractivity contribution is 7.99. The van der Waals surface area contributed by atoms with Gasteiger partial charge in [0.25, 0.3) is 5.91 Å². The maximum atomic E-state index is 12.6. The quantitative estimate of drug-likeness (QED) is 0.535. The molecule has 0 spiro atoms. The SMILES string of the molecule is CCN(CC)C(=O)c1ccc(NC(=O)CSc2ccc(S(=O)(=O)N3CCOCC3)cn2)cc1. The number of nitrogens with zero attached hydrogens (tertiary/aromatic N) is 3. The number of amides is 2. The Labute approximate surface area is 198 Å². The highest BCUT2D eigenvalue weighted by atomic mass is 32.2. The van der Waals surface area contributed by atoms with Crippen LogP contribution in [-0.2, 0) is 19.6 Å². The van der Waals surface area contributed by atoms with E-state index in [4.69, 9.17) is 4.74 Å². The average molecular weight is 493 g/mol. The molecule has 0 bridgehead atoms. The number of rotatable bonds is 9. The second-order valence-corrected chi connectivity index (χ2v) is 10.2. The van der Waals surface area contributed by atoms with Crippen LogP contribution in [0.1, 0.15) is 24.2 Å². The fourth-order valence-corrected chi connectivity index (χ4v) is 5.26. The van der Waals surface area contributed by atoms with Gasteiger partial charge in [-0.2, -0.15) is 4.31 Å². The Bertz CT molecular complexity index is 1050. The van der Waals surface area contributed by atoms with Crippen molar-refractivity contribution >= 4 is 39.3 Å². The molecule has 178 valence electrons. The zero-order valence-electron chi connectivity index (χ0n) is 18.7. The van der Waals surface area contributed by atoms with E-state index in [9.17, 15) is 18.0 Å². The normalized spacial score (nSPS) is 14.6. The van der Waals surface area contributed by atoms with Gasteiger partial charge in [-0.1, -0.05) is 11.8 Å². The van der Waals surface area contributed by atoms with Crippen molar-refractivity contribution in [1.29, 1.82) is 0 Å². The van der Waals surface area contributed by atoms with Crippen molar-refractivity contribution in [2.45, 2.75) is 23.8 Å². The first-order valence-corrected chi connectivity index (χ1v) is 13.1. The molecule has 2 aromatic rings. The van der Waals surface area contributed by atoms with Crippen LogP contribution in [0, 0.1) is 0 Å². The summed E-state index contributed by atoms with van der Waals surface area (Å²) in [5, 5.41) is 3.33. The van der Waals surface area contributed by atoms with E-state index in [1.807, 2.05) is 13.8 Å². The van der Waals surface area contributed by atoms with Crippen LogP contribution in [0.5, 0.6) is 0 Å². The lowest BCUT2D eigenvalue weighted by Crippen LogP contribution is -2.40. The number of aromatic nitrogens is 1. The molecule has 0 atom stereocenters. The molecule has 1 saturated heterocycles. The number of morpholine rings is 1. The minimum absolute atomic E-state index is 0.0430. The molecule has 0 saturated carbocycles. The number of benzene rings is 1. The molecule has 3 rings (SSSR count). The number of ether oxygens (including phenoxy) is 1. The highest BCUT2D eigenvalue weighted by Crippen LogP contribution is 2.21. The summed E-state index contributed by atoms with van der Waals surface area (Å²) < 4.78 is 31.9. The lowest BCUT2D eigenvalue weighted by Gasteiger charge is -2.25. The Kier molecular flexibility index (Phi) is 8.84. The van der Waals surface area contributed by atoms with Gasteiger partial charge in [0.2, 0.25) is 15.9 Å². The van der Waals surface area contributed by atoms with E-state index in [1.165, 1.54) is 28.3 Å². The minimum atomic E-state index is -3.59. The van der Waals surface area contributed by atoms with E-state index in [0.29, 0.717) is 55.7 Å². The number of hydrogen-bond acceptors (Lipinski definition) is 7. The van der Waals surface area contributed by atoms with Gasteiger partial charge in [-0.05, 0) is 50.2 Å². The summed E-state index contributed by atoms with van der Waals surface area (Å²) in [6.07, 6.45) is 1.32. The van der Waals surface area contributed by atoms with E-state index >= 15 is 0 Å². The number of nitrogens with one attached hydrogen (secondary N) is 1. The predicted octanol–water partition coefficient (Wildman–Crippen LogP) is 2.32. The van der Waals surface area contributed by atoms with Crippen LogP contribution in [0.2, 0.25) is 0 Å². The minimum Gasteiger partial charge on any atom is -0.379 e. The highest BCUT2D eigenvalue weighted by Gasteiger charge is 2.26. The van der Waals surface area contributed by atoms with Crippen LogP contribution < -0.4 is 5.32 Å². The number of thioether (sulfide) groups is 1. The smallest absolute Gasteiger partial charge is 0.253 e. The van der Waals surface area contributed by atoms with Gasteiger partial charge in [0, 0.05) is 43.6 Å². The van der Waals surface area contributed by atoms with E-state index < -0.39 is 10.0 Å². The van der Waals surface area contributed by atoms with E-state index in [0.717, 1.165) is 0 Å². The number of carbonyl (C=O) groups excluding carboxylic acids is 2. The van der Waals surface area contributed by atoms with Crippen molar-refractivity contribution in [2.75, 3.05) is 50.5 Å². The fourth-order valence-electron chi connectivity index (χ4n) is 3.27. The second-order valence-electron chi connectivity index (χ2n) is 7.24. The molecule has 1 aliphatic rings. The van der Waals surface area contributed by atoms with Crippen molar-refractivity contribution in [3.63, 3.8) is 0 Å². The van der Waals surface area contributed by atoms with Gasteiger partial charge in [0.15, 0.2) is 0 Å². The van der Waals surface area contributed by atoms with Crippen molar-refractivity contribution < 1.29 is 22.7 Å². The summed E-state index contributed by atoms with van der Waals surface area (Å²) >= 11 is 1.21. The summed E-state index contributed by atoms with van der Waals surface area (Å²) in [7, 11) is -3.59. The molecule has 1 aromatic carbocycles. The largest absolute Gasteiger partial charge is 0.379 e. The van der Waals surface area contributed by atoms with Gasteiger partial charge in [-0.15, -0.1) is 0 Å². The van der Waals surface area contributed by atoms with Crippen molar-refractivity contribution in [3.05, 3.63) is 48.2 Å². The summed E-state index contributed by atoms with van der Waals surface area (Å²) in [5.74, 6) is -0.156. The Morgan fingerprint density at radius 3 is 2.33 bits per heavy atom. The molecule has 0 unspecified atom stereocenters. The van der Waals surface area contributed by atoms with Crippen LogP contribution in [0.4, 0.5) is 5.69 Å². The first-order chi connectivity index (χ1) is 15.8. The lowest BCUT2D eigenvalue weighted by molar-refractivity contribution is -0.113. The zero-order chi connectivity index (χ0) is 23.8. The zero-order valence-corrected chi connectivity index (χ0v) is 20.3.